The zero-order valence-electron chi connectivity index (χ0n) is 13.6. The molecule has 0 aromatic rings. The Hall–Kier alpha value is 0.270. The highest BCUT2D eigenvalue weighted by atomic mass is 31.2. The average molecular weight is 321 g/mol. The van der Waals surface area contributed by atoms with Crippen molar-refractivity contribution in [3.8, 4) is 0 Å². The highest BCUT2D eigenvalue weighted by Gasteiger charge is 2.20. The lowest BCUT2D eigenvalue weighted by molar-refractivity contribution is -0.340. The van der Waals surface area contributed by atoms with E-state index in [1.54, 1.807) is 0 Å². The van der Waals surface area contributed by atoms with Crippen LogP contribution in [0.15, 0.2) is 0 Å². The molecule has 1 atom stereocenters. The molecule has 0 aliphatic carbocycles. The fourth-order valence-electron chi connectivity index (χ4n) is 2.51. The third kappa shape index (κ3) is 15.0. The molecule has 21 heavy (non-hydrogen) atoms. The first-order valence-electron chi connectivity index (χ1n) is 8.70. The van der Waals surface area contributed by atoms with Crippen LogP contribution in [0.5, 0.6) is 0 Å². The van der Waals surface area contributed by atoms with Gasteiger partial charge in [0.05, 0.1) is 7.94 Å². The van der Waals surface area contributed by atoms with E-state index in [9.17, 15) is 9.79 Å². The maximum Gasteiger partial charge on any atom is 0.181 e. The molecule has 0 bridgehead atoms. The van der Waals surface area contributed by atoms with E-state index in [1.807, 2.05) is 0 Å². The number of hydrogen-bond acceptors (Lipinski definition) is 4. The monoisotopic (exact) mass is 321 g/mol. The Labute approximate surface area is 131 Å². The molecule has 0 aliphatic heterocycles. The van der Waals surface area contributed by atoms with Gasteiger partial charge in [-0.15, -0.1) is 0 Å². The fraction of sp³-hybridized carbons (Fsp3) is 1.00. The smallest absolute Gasteiger partial charge is 0.181 e. The Kier molecular flexibility index (Phi) is 14.1. The quantitative estimate of drug-likeness (QED) is 0.358. The number of hydrogen-bond donors (Lipinski definition) is 2. The summed E-state index contributed by atoms with van der Waals surface area (Å²) in [5.74, 6) is -1.58. The molecule has 5 heteroatoms. The SMILES string of the molecule is CCCCCCCCCCCCCCCC(O)[P+]([O-])([O-])O. The zero-order valence-corrected chi connectivity index (χ0v) is 14.5. The minimum atomic E-state index is -4.54. The molecular formula is C16H34O4P-. The molecule has 4 nitrogen and oxygen atoms in total. The number of rotatable bonds is 15. The highest BCUT2D eigenvalue weighted by Crippen LogP contribution is 2.41. The zero-order chi connectivity index (χ0) is 16.0. The van der Waals surface area contributed by atoms with Gasteiger partial charge in [0.15, 0.2) is 5.85 Å². The van der Waals surface area contributed by atoms with E-state index in [2.05, 4.69) is 6.92 Å². The van der Waals surface area contributed by atoms with Crippen LogP contribution >= 0.6 is 7.94 Å². The van der Waals surface area contributed by atoms with Crippen LogP contribution in [-0.4, -0.2) is 15.8 Å². The molecule has 0 amide bonds. The Morgan fingerprint density at radius 1 is 0.714 bits per heavy atom. The van der Waals surface area contributed by atoms with Crippen LogP contribution < -0.4 is 9.79 Å². The van der Waals surface area contributed by atoms with E-state index in [0.717, 1.165) is 12.8 Å². The van der Waals surface area contributed by atoms with Crippen molar-refractivity contribution in [3.63, 3.8) is 0 Å². The van der Waals surface area contributed by atoms with E-state index < -0.39 is 13.8 Å². The van der Waals surface area contributed by atoms with E-state index in [4.69, 9.17) is 10.00 Å². The van der Waals surface area contributed by atoms with Crippen molar-refractivity contribution in [2.75, 3.05) is 0 Å². The second-order valence-corrected chi connectivity index (χ2v) is 7.80. The van der Waals surface area contributed by atoms with Gasteiger partial charge in [-0.1, -0.05) is 84.0 Å². The van der Waals surface area contributed by atoms with Crippen LogP contribution in [0.3, 0.4) is 0 Å². The molecule has 0 radical (unpaired) electrons. The molecule has 0 spiro atoms. The second-order valence-electron chi connectivity index (χ2n) is 6.08. The van der Waals surface area contributed by atoms with Crippen molar-refractivity contribution in [1.82, 2.24) is 0 Å². The lowest BCUT2D eigenvalue weighted by Crippen LogP contribution is -2.31. The summed E-state index contributed by atoms with van der Waals surface area (Å²) in [6, 6.07) is 0. The summed E-state index contributed by atoms with van der Waals surface area (Å²) in [5, 5.41) is 9.14. The van der Waals surface area contributed by atoms with Crippen molar-refractivity contribution in [2.45, 2.75) is 103 Å². The van der Waals surface area contributed by atoms with Crippen molar-refractivity contribution in [1.29, 1.82) is 0 Å². The number of aliphatic hydroxyl groups is 1. The van der Waals surface area contributed by atoms with Crippen molar-refractivity contribution >= 4 is 7.94 Å². The number of aliphatic hydroxyl groups excluding tert-OH is 1. The van der Waals surface area contributed by atoms with Crippen molar-refractivity contribution in [2.24, 2.45) is 0 Å². The van der Waals surface area contributed by atoms with Gasteiger partial charge in [-0.2, -0.15) is 0 Å². The Balaban J connectivity index is 3.13. The highest BCUT2D eigenvalue weighted by molar-refractivity contribution is 7.56. The number of unbranched alkanes of at least 4 members (excludes halogenated alkanes) is 12. The Morgan fingerprint density at radius 2 is 1.05 bits per heavy atom. The topological polar surface area (TPSA) is 86.6 Å². The van der Waals surface area contributed by atoms with Gasteiger partial charge in [-0.05, 0) is 6.42 Å². The van der Waals surface area contributed by atoms with E-state index in [0.29, 0.717) is 6.42 Å². The maximum absolute atomic E-state index is 10.6. The van der Waals surface area contributed by atoms with Crippen LogP contribution in [0.2, 0.25) is 0 Å². The van der Waals surface area contributed by atoms with Gasteiger partial charge in [-0.3, -0.25) is 4.89 Å². The molecule has 1 unspecified atom stereocenters. The third-order valence-corrected chi connectivity index (χ3v) is 4.95. The first kappa shape index (κ1) is 21.3. The molecule has 0 rings (SSSR count). The summed E-state index contributed by atoms with van der Waals surface area (Å²) in [5.41, 5.74) is 0. The molecule has 128 valence electrons. The fourth-order valence-corrected chi connectivity index (χ4v) is 3.02. The minimum absolute atomic E-state index is 0.148. The summed E-state index contributed by atoms with van der Waals surface area (Å²) >= 11 is 0. The van der Waals surface area contributed by atoms with E-state index in [1.165, 1.54) is 64.2 Å². The summed E-state index contributed by atoms with van der Waals surface area (Å²) in [4.78, 5) is 29.9. The lowest BCUT2D eigenvalue weighted by Gasteiger charge is -2.32. The second kappa shape index (κ2) is 13.9. The largest absolute Gasteiger partial charge is 0.658 e. The maximum atomic E-state index is 10.6. The molecule has 0 saturated carbocycles. The third-order valence-electron chi connectivity index (χ3n) is 3.94. The molecule has 0 aromatic carbocycles. The molecule has 0 fully saturated rings. The molecule has 0 saturated heterocycles. The summed E-state index contributed by atoms with van der Waals surface area (Å²) < 4.78 is 0. The normalized spacial score (nSPS) is 13.6. The minimum Gasteiger partial charge on any atom is -0.658 e. The van der Waals surface area contributed by atoms with E-state index >= 15 is 0 Å². The predicted octanol–water partition coefficient (Wildman–Crippen LogP) is 3.26. The van der Waals surface area contributed by atoms with Gasteiger partial charge in [0.2, 0.25) is 0 Å². The van der Waals surface area contributed by atoms with Gasteiger partial charge >= 0.3 is 0 Å². The van der Waals surface area contributed by atoms with Gasteiger partial charge in [0, 0.05) is 6.42 Å². The first-order valence-corrected chi connectivity index (χ1v) is 10.3. The first-order chi connectivity index (χ1) is 9.98. The van der Waals surface area contributed by atoms with Crippen LogP contribution in [0.25, 0.3) is 0 Å². The Bertz CT molecular complexity index is 219. The Morgan fingerprint density at radius 3 is 1.38 bits per heavy atom. The molecule has 0 aromatic heterocycles. The molecule has 0 heterocycles. The molecule has 0 aliphatic rings. The molecule has 2 N–H and O–H groups in total. The van der Waals surface area contributed by atoms with Crippen LogP contribution in [0.4, 0.5) is 0 Å². The lowest BCUT2D eigenvalue weighted by atomic mass is 10.0. The van der Waals surface area contributed by atoms with Crippen LogP contribution in [-0.2, 0) is 0 Å². The van der Waals surface area contributed by atoms with Crippen LogP contribution in [0.1, 0.15) is 96.8 Å². The van der Waals surface area contributed by atoms with Crippen molar-refractivity contribution in [3.05, 3.63) is 0 Å². The predicted molar refractivity (Wildman–Crippen MR) is 85.5 cm³/mol. The molecular weight excluding hydrogens is 287 g/mol. The van der Waals surface area contributed by atoms with Gasteiger partial charge < -0.3 is 14.9 Å². The van der Waals surface area contributed by atoms with E-state index in [-0.39, 0.29) is 6.42 Å². The van der Waals surface area contributed by atoms with Gasteiger partial charge in [0.25, 0.3) is 0 Å². The summed E-state index contributed by atoms with van der Waals surface area (Å²) in [7, 11) is -4.54. The van der Waals surface area contributed by atoms with Crippen LogP contribution in [0, 0.1) is 0 Å². The summed E-state index contributed by atoms with van der Waals surface area (Å²) in [6.07, 6.45) is 16.0. The van der Waals surface area contributed by atoms with Gasteiger partial charge in [0.1, 0.15) is 0 Å². The van der Waals surface area contributed by atoms with Gasteiger partial charge in [-0.25, -0.2) is 0 Å². The standard InChI is InChI=1S/C16H35O4P/c1-2-3-4-5-6-7-8-9-10-11-12-13-14-15-16(17)21(18,19)20/h16-17H,2-15H2,1H3,(H2,18,19,20)/p-1. The average Bonchev–Trinajstić information content (AvgIpc) is 2.42. The van der Waals surface area contributed by atoms with Crippen molar-refractivity contribution < 1.29 is 19.8 Å². The summed E-state index contributed by atoms with van der Waals surface area (Å²) in [6.45, 7) is 2.24.